The average Bonchev–Trinajstić information content (AvgIpc) is 3.73. The predicted octanol–water partition coefficient (Wildman–Crippen LogP) is 5.75. The standard InChI is InChI=1S/C29H24N8O/c38-29(17-4-1-2-5-17)33-20-10-19(13-31-14-20)23-7-8-24-27(35-23)28(37-36-24)25-11-21-22(15-32-16-26(21)34-25)18-6-3-9-30-12-18/h3,6-17,34H,1-2,4-5H2,(H,33,38)(H,36,37). The highest BCUT2D eigenvalue weighted by molar-refractivity contribution is 6.00. The number of aromatic nitrogens is 7. The Morgan fingerprint density at radius 3 is 2.63 bits per heavy atom. The van der Waals surface area contributed by atoms with Crippen LogP contribution in [0.25, 0.3) is 55.7 Å². The minimum absolute atomic E-state index is 0.0703. The molecule has 1 amide bonds. The maximum Gasteiger partial charge on any atom is 0.227 e. The number of anilines is 1. The number of nitrogens with zero attached hydrogens (tertiary/aromatic N) is 5. The van der Waals surface area contributed by atoms with E-state index in [-0.39, 0.29) is 11.8 Å². The number of carbonyl (C=O) groups is 1. The Hall–Kier alpha value is -4.92. The number of H-pyrrole nitrogens is 2. The van der Waals surface area contributed by atoms with Crippen LogP contribution >= 0.6 is 0 Å². The molecule has 186 valence electrons. The van der Waals surface area contributed by atoms with E-state index in [1.165, 1.54) is 0 Å². The van der Waals surface area contributed by atoms with Crippen LogP contribution in [-0.4, -0.2) is 41.0 Å². The summed E-state index contributed by atoms with van der Waals surface area (Å²) in [4.78, 5) is 34.0. The van der Waals surface area contributed by atoms with Crippen LogP contribution in [0.3, 0.4) is 0 Å². The molecule has 0 saturated heterocycles. The summed E-state index contributed by atoms with van der Waals surface area (Å²) in [6.07, 6.45) is 14.8. The van der Waals surface area contributed by atoms with Crippen molar-refractivity contribution >= 4 is 33.5 Å². The molecule has 6 heterocycles. The highest BCUT2D eigenvalue weighted by Crippen LogP contribution is 2.33. The molecule has 9 heteroatoms. The van der Waals surface area contributed by atoms with Gasteiger partial charge in [0.05, 0.1) is 40.5 Å². The van der Waals surface area contributed by atoms with Crippen LogP contribution < -0.4 is 5.32 Å². The van der Waals surface area contributed by atoms with Gasteiger partial charge in [-0.25, -0.2) is 4.98 Å². The molecule has 1 fully saturated rings. The predicted molar refractivity (Wildman–Crippen MR) is 146 cm³/mol. The summed E-state index contributed by atoms with van der Waals surface area (Å²) in [5, 5.41) is 11.7. The molecule has 38 heavy (non-hydrogen) atoms. The van der Waals surface area contributed by atoms with Gasteiger partial charge in [-0.15, -0.1) is 0 Å². The lowest BCUT2D eigenvalue weighted by Crippen LogP contribution is -2.20. The second-order valence-corrected chi connectivity index (χ2v) is 9.67. The minimum Gasteiger partial charge on any atom is -0.352 e. The van der Waals surface area contributed by atoms with Crippen molar-refractivity contribution in [3.8, 4) is 33.8 Å². The topological polar surface area (TPSA) is 125 Å². The monoisotopic (exact) mass is 500 g/mol. The molecule has 0 aliphatic heterocycles. The first kappa shape index (κ1) is 22.3. The highest BCUT2D eigenvalue weighted by atomic mass is 16.1. The smallest absolute Gasteiger partial charge is 0.227 e. The molecule has 7 rings (SSSR count). The van der Waals surface area contributed by atoms with Crippen LogP contribution in [0.15, 0.2) is 73.6 Å². The normalized spacial score (nSPS) is 13.9. The van der Waals surface area contributed by atoms with Crippen LogP contribution in [0, 0.1) is 5.92 Å². The van der Waals surface area contributed by atoms with E-state index in [0.29, 0.717) is 11.4 Å². The first-order chi connectivity index (χ1) is 18.7. The van der Waals surface area contributed by atoms with Gasteiger partial charge >= 0.3 is 0 Å². The van der Waals surface area contributed by atoms with Crippen molar-refractivity contribution in [2.75, 3.05) is 5.32 Å². The van der Waals surface area contributed by atoms with Crippen LogP contribution in [0.4, 0.5) is 5.69 Å². The molecule has 1 saturated carbocycles. The van der Waals surface area contributed by atoms with Crippen LogP contribution in [0.2, 0.25) is 0 Å². The van der Waals surface area contributed by atoms with Crippen LogP contribution in [0.5, 0.6) is 0 Å². The summed E-state index contributed by atoms with van der Waals surface area (Å²) >= 11 is 0. The second kappa shape index (κ2) is 9.19. The van der Waals surface area contributed by atoms with E-state index < -0.39 is 0 Å². The lowest BCUT2D eigenvalue weighted by atomic mass is 10.1. The Bertz CT molecular complexity index is 1780. The first-order valence-corrected chi connectivity index (χ1v) is 12.7. The van der Waals surface area contributed by atoms with Crippen molar-refractivity contribution in [2.24, 2.45) is 5.92 Å². The first-order valence-electron chi connectivity index (χ1n) is 12.7. The number of rotatable bonds is 5. The van der Waals surface area contributed by atoms with Crippen molar-refractivity contribution in [1.29, 1.82) is 0 Å². The zero-order valence-electron chi connectivity index (χ0n) is 20.5. The summed E-state index contributed by atoms with van der Waals surface area (Å²) in [5.74, 6) is 0.160. The third-order valence-corrected chi connectivity index (χ3v) is 7.21. The van der Waals surface area contributed by atoms with Crippen LogP contribution in [-0.2, 0) is 4.79 Å². The molecule has 0 bridgehead atoms. The Balaban J connectivity index is 1.25. The van der Waals surface area contributed by atoms with Gasteiger partial charge in [0.15, 0.2) is 0 Å². The summed E-state index contributed by atoms with van der Waals surface area (Å²) < 4.78 is 0. The number of hydrogen-bond donors (Lipinski definition) is 3. The van der Waals surface area contributed by atoms with Crippen LogP contribution in [0.1, 0.15) is 25.7 Å². The average molecular weight is 501 g/mol. The molecule has 6 aromatic rings. The number of nitrogens with one attached hydrogen (secondary N) is 3. The third-order valence-electron chi connectivity index (χ3n) is 7.21. The number of amides is 1. The van der Waals surface area contributed by atoms with Gasteiger partial charge in [-0.1, -0.05) is 18.9 Å². The van der Waals surface area contributed by atoms with Gasteiger partial charge in [0, 0.05) is 52.8 Å². The fourth-order valence-electron chi connectivity index (χ4n) is 5.26. The Labute approximate surface area is 217 Å². The van der Waals surface area contributed by atoms with Gasteiger partial charge in [0.2, 0.25) is 5.91 Å². The van der Waals surface area contributed by atoms with Gasteiger partial charge in [-0.3, -0.25) is 24.8 Å². The zero-order valence-corrected chi connectivity index (χ0v) is 20.5. The molecule has 6 aromatic heterocycles. The highest BCUT2D eigenvalue weighted by Gasteiger charge is 2.23. The molecule has 0 unspecified atom stereocenters. The summed E-state index contributed by atoms with van der Waals surface area (Å²) in [6.45, 7) is 0. The largest absolute Gasteiger partial charge is 0.352 e. The number of aromatic amines is 2. The molecular weight excluding hydrogens is 476 g/mol. The maximum atomic E-state index is 12.6. The SMILES string of the molecule is O=C(Nc1cncc(-c2ccc3[nH]nc(-c4cc5c(-c6cccnc6)cncc5[nH]4)c3n2)c1)C1CCCC1. The maximum absolute atomic E-state index is 12.6. The van der Waals surface area contributed by atoms with Crippen molar-refractivity contribution in [2.45, 2.75) is 25.7 Å². The summed E-state index contributed by atoms with van der Waals surface area (Å²) in [6, 6.07) is 11.8. The molecule has 0 aromatic carbocycles. The number of pyridine rings is 4. The van der Waals surface area contributed by atoms with Crippen molar-refractivity contribution in [3.05, 3.63) is 73.6 Å². The quantitative estimate of drug-likeness (QED) is 0.277. The van der Waals surface area contributed by atoms with Gasteiger partial charge < -0.3 is 10.3 Å². The fraction of sp³-hybridized carbons (Fsp3) is 0.172. The third kappa shape index (κ3) is 3.98. The van der Waals surface area contributed by atoms with E-state index in [0.717, 1.165) is 75.7 Å². The Kier molecular flexibility index (Phi) is 5.39. The lowest BCUT2D eigenvalue weighted by Gasteiger charge is -2.11. The lowest BCUT2D eigenvalue weighted by molar-refractivity contribution is -0.119. The van der Waals surface area contributed by atoms with E-state index in [9.17, 15) is 4.79 Å². The molecular formula is C29H24N8O. The number of carbonyl (C=O) groups excluding carboxylic acids is 1. The summed E-state index contributed by atoms with van der Waals surface area (Å²) in [7, 11) is 0. The Morgan fingerprint density at radius 2 is 1.76 bits per heavy atom. The van der Waals surface area contributed by atoms with E-state index in [1.807, 2.05) is 48.9 Å². The molecule has 1 aliphatic rings. The van der Waals surface area contributed by atoms with Gasteiger partial charge in [0.25, 0.3) is 0 Å². The molecule has 1 aliphatic carbocycles. The van der Waals surface area contributed by atoms with E-state index >= 15 is 0 Å². The van der Waals surface area contributed by atoms with E-state index in [2.05, 4.69) is 41.5 Å². The molecule has 0 atom stereocenters. The molecule has 3 N–H and O–H groups in total. The molecule has 0 spiro atoms. The van der Waals surface area contributed by atoms with Gasteiger partial charge in [-0.2, -0.15) is 5.10 Å². The number of hydrogen-bond acceptors (Lipinski definition) is 6. The molecule has 9 nitrogen and oxygen atoms in total. The summed E-state index contributed by atoms with van der Waals surface area (Å²) in [5.41, 5.74) is 8.27. The Morgan fingerprint density at radius 1 is 0.895 bits per heavy atom. The second-order valence-electron chi connectivity index (χ2n) is 9.67. The van der Waals surface area contributed by atoms with Crippen molar-refractivity contribution < 1.29 is 4.79 Å². The van der Waals surface area contributed by atoms with E-state index in [4.69, 9.17) is 4.98 Å². The number of fused-ring (bicyclic) bond motifs is 2. The van der Waals surface area contributed by atoms with E-state index in [1.54, 1.807) is 18.6 Å². The zero-order chi connectivity index (χ0) is 25.5. The van der Waals surface area contributed by atoms with Crippen molar-refractivity contribution in [3.63, 3.8) is 0 Å². The van der Waals surface area contributed by atoms with Gasteiger partial charge in [-0.05, 0) is 43.2 Å². The van der Waals surface area contributed by atoms with Crippen molar-refractivity contribution in [1.82, 2.24) is 35.1 Å². The fourth-order valence-corrected chi connectivity index (χ4v) is 5.26. The molecule has 0 radical (unpaired) electrons. The minimum atomic E-state index is 0.0703. The van der Waals surface area contributed by atoms with Gasteiger partial charge in [0.1, 0.15) is 11.2 Å².